The Hall–Kier alpha value is -1.19. The second-order valence-electron chi connectivity index (χ2n) is 5.01. The maximum absolute atomic E-state index is 11.9. The number of rotatable bonds is 7. The number of carboxylic acids is 1. The SMILES string of the molecule is CCS(=O)(=O)N1CCC(C(=O)NCC[C@H](O)C(=O)O)CC1. The molecule has 1 saturated heterocycles. The van der Waals surface area contributed by atoms with Gasteiger partial charge in [0.1, 0.15) is 0 Å². The van der Waals surface area contributed by atoms with Crippen molar-refractivity contribution in [2.45, 2.75) is 32.3 Å². The molecule has 1 heterocycles. The summed E-state index contributed by atoms with van der Waals surface area (Å²) in [6, 6.07) is 0. The maximum atomic E-state index is 11.9. The van der Waals surface area contributed by atoms with Crippen LogP contribution in [0.3, 0.4) is 0 Å². The van der Waals surface area contributed by atoms with Crippen molar-refractivity contribution in [1.82, 2.24) is 9.62 Å². The molecule has 0 saturated carbocycles. The molecule has 0 aromatic carbocycles. The lowest BCUT2D eigenvalue weighted by Gasteiger charge is -2.30. The third-order valence-corrected chi connectivity index (χ3v) is 5.47. The second kappa shape index (κ2) is 7.71. The third-order valence-electron chi connectivity index (χ3n) is 3.58. The first kappa shape index (κ1) is 17.9. The van der Waals surface area contributed by atoms with Crippen LogP contribution in [0, 0.1) is 5.92 Å². The van der Waals surface area contributed by atoms with E-state index in [1.165, 1.54) is 4.31 Å². The second-order valence-corrected chi connectivity index (χ2v) is 7.27. The van der Waals surface area contributed by atoms with Gasteiger partial charge in [-0.1, -0.05) is 0 Å². The van der Waals surface area contributed by atoms with Crippen molar-refractivity contribution >= 4 is 21.9 Å². The van der Waals surface area contributed by atoms with Crippen LogP contribution in [0.2, 0.25) is 0 Å². The van der Waals surface area contributed by atoms with E-state index in [0.717, 1.165) is 0 Å². The van der Waals surface area contributed by atoms with Gasteiger partial charge in [0.05, 0.1) is 5.75 Å². The summed E-state index contributed by atoms with van der Waals surface area (Å²) in [7, 11) is -3.20. The largest absolute Gasteiger partial charge is 0.479 e. The summed E-state index contributed by atoms with van der Waals surface area (Å²) in [6.07, 6.45) is -0.634. The Morgan fingerprint density at radius 3 is 2.38 bits per heavy atom. The highest BCUT2D eigenvalue weighted by Gasteiger charge is 2.30. The number of nitrogens with zero attached hydrogens (tertiary/aromatic N) is 1. The number of aliphatic hydroxyl groups is 1. The fourth-order valence-electron chi connectivity index (χ4n) is 2.18. The Balaban J connectivity index is 2.34. The summed E-state index contributed by atoms with van der Waals surface area (Å²) < 4.78 is 24.8. The predicted molar refractivity (Wildman–Crippen MR) is 75.0 cm³/mol. The number of sulfonamides is 1. The lowest BCUT2D eigenvalue weighted by molar-refractivity contribution is -0.147. The number of carboxylic acid groups (broad SMARTS) is 1. The lowest BCUT2D eigenvalue weighted by Crippen LogP contribution is -2.44. The number of amides is 1. The van der Waals surface area contributed by atoms with Gasteiger partial charge in [-0.3, -0.25) is 4.79 Å². The molecule has 0 spiro atoms. The number of aliphatic carboxylic acids is 1. The molecule has 1 aliphatic rings. The van der Waals surface area contributed by atoms with Crippen molar-refractivity contribution in [2.75, 3.05) is 25.4 Å². The van der Waals surface area contributed by atoms with Crippen LogP contribution in [0.4, 0.5) is 0 Å². The average Bonchev–Trinajstić information content (AvgIpc) is 2.47. The molecule has 1 aliphatic heterocycles. The predicted octanol–water partition coefficient (Wildman–Crippen LogP) is -1.00. The van der Waals surface area contributed by atoms with Gasteiger partial charge in [-0.15, -0.1) is 0 Å². The third kappa shape index (κ3) is 5.25. The number of piperidine rings is 1. The van der Waals surface area contributed by atoms with Crippen LogP contribution in [0.15, 0.2) is 0 Å². The number of carbonyl (C=O) groups is 2. The first-order valence-electron chi connectivity index (χ1n) is 6.94. The zero-order valence-electron chi connectivity index (χ0n) is 12.0. The molecular weight excluding hydrogens is 300 g/mol. The Kier molecular flexibility index (Phi) is 6.56. The number of carbonyl (C=O) groups excluding carboxylic acids is 1. The van der Waals surface area contributed by atoms with E-state index in [1.54, 1.807) is 6.92 Å². The monoisotopic (exact) mass is 322 g/mol. The van der Waals surface area contributed by atoms with Crippen molar-refractivity contribution in [3.8, 4) is 0 Å². The maximum Gasteiger partial charge on any atom is 0.332 e. The molecule has 0 aromatic rings. The average molecular weight is 322 g/mol. The van der Waals surface area contributed by atoms with Gasteiger partial charge in [0.25, 0.3) is 0 Å². The van der Waals surface area contributed by atoms with Crippen molar-refractivity contribution in [3.05, 3.63) is 0 Å². The smallest absolute Gasteiger partial charge is 0.332 e. The summed E-state index contributed by atoms with van der Waals surface area (Å²) in [6.45, 7) is 2.32. The van der Waals surface area contributed by atoms with E-state index in [4.69, 9.17) is 10.2 Å². The Labute approximate surface area is 124 Å². The molecule has 0 aliphatic carbocycles. The van der Waals surface area contributed by atoms with Gasteiger partial charge < -0.3 is 15.5 Å². The van der Waals surface area contributed by atoms with E-state index in [1.807, 2.05) is 0 Å². The molecular formula is C12H22N2O6S. The molecule has 21 heavy (non-hydrogen) atoms. The number of nitrogens with one attached hydrogen (secondary N) is 1. The molecule has 1 atom stereocenters. The molecule has 0 bridgehead atoms. The number of hydrogen-bond acceptors (Lipinski definition) is 5. The standard InChI is InChI=1S/C12H22N2O6S/c1-2-21(19,20)14-7-4-9(5-8-14)11(16)13-6-3-10(15)12(17)18/h9-10,15H,2-8H2,1H3,(H,13,16)(H,17,18)/t10-/m0/s1. The number of hydrogen-bond donors (Lipinski definition) is 3. The quantitative estimate of drug-likeness (QED) is 0.552. The Morgan fingerprint density at radius 1 is 1.33 bits per heavy atom. The van der Waals surface area contributed by atoms with E-state index in [9.17, 15) is 18.0 Å². The first-order chi connectivity index (χ1) is 9.77. The fraction of sp³-hybridized carbons (Fsp3) is 0.833. The van der Waals surface area contributed by atoms with Crippen molar-refractivity contribution in [3.63, 3.8) is 0 Å². The minimum atomic E-state index is -3.20. The summed E-state index contributed by atoms with van der Waals surface area (Å²) in [4.78, 5) is 22.3. The van der Waals surface area contributed by atoms with E-state index >= 15 is 0 Å². The topological polar surface area (TPSA) is 124 Å². The molecule has 122 valence electrons. The van der Waals surface area contributed by atoms with E-state index in [2.05, 4.69) is 5.32 Å². The summed E-state index contributed by atoms with van der Waals surface area (Å²) >= 11 is 0. The molecule has 1 amide bonds. The summed E-state index contributed by atoms with van der Waals surface area (Å²) in [5, 5.41) is 20.2. The molecule has 0 radical (unpaired) electrons. The minimum absolute atomic E-state index is 0.0515. The minimum Gasteiger partial charge on any atom is -0.479 e. The van der Waals surface area contributed by atoms with Gasteiger partial charge >= 0.3 is 5.97 Å². The van der Waals surface area contributed by atoms with Gasteiger partial charge in [-0.2, -0.15) is 0 Å². The first-order valence-corrected chi connectivity index (χ1v) is 8.55. The highest BCUT2D eigenvalue weighted by Crippen LogP contribution is 2.19. The molecule has 1 fully saturated rings. The van der Waals surface area contributed by atoms with E-state index in [-0.39, 0.29) is 30.5 Å². The van der Waals surface area contributed by atoms with Crippen LogP contribution in [0.5, 0.6) is 0 Å². The van der Waals surface area contributed by atoms with Gasteiger partial charge in [-0.25, -0.2) is 17.5 Å². The van der Waals surface area contributed by atoms with E-state index in [0.29, 0.717) is 25.9 Å². The fourth-order valence-corrected chi connectivity index (χ4v) is 3.31. The summed E-state index contributed by atoms with van der Waals surface area (Å²) in [5.74, 6) is -1.75. The molecule has 1 rings (SSSR count). The van der Waals surface area contributed by atoms with Crippen LogP contribution in [-0.2, 0) is 19.6 Å². The molecule has 0 unspecified atom stereocenters. The lowest BCUT2D eigenvalue weighted by atomic mass is 9.97. The molecule has 8 nitrogen and oxygen atoms in total. The highest BCUT2D eigenvalue weighted by molar-refractivity contribution is 7.89. The van der Waals surface area contributed by atoms with Crippen LogP contribution < -0.4 is 5.32 Å². The molecule has 3 N–H and O–H groups in total. The van der Waals surface area contributed by atoms with Crippen molar-refractivity contribution in [1.29, 1.82) is 0 Å². The Morgan fingerprint density at radius 2 is 1.90 bits per heavy atom. The van der Waals surface area contributed by atoms with Crippen LogP contribution in [0.1, 0.15) is 26.2 Å². The summed E-state index contributed by atoms with van der Waals surface area (Å²) in [5.41, 5.74) is 0. The normalized spacial score (nSPS) is 19.1. The van der Waals surface area contributed by atoms with Crippen LogP contribution in [-0.4, -0.2) is 66.3 Å². The van der Waals surface area contributed by atoms with Crippen LogP contribution >= 0.6 is 0 Å². The van der Waals surface area contributed by atoms with Gasteiger partial charge in [0.15, 0.2) is 6.10 Å². The van der Waals surface area contributed by atoms with E-state index < -0.39 is 22.1 Å². The highest BCUT2D eigenvalue weighted by atomic mass is 32.2. The van der Waals surface area contributed by atoms with Crippen molar-refractivity contribution < 1.29 is 28.2 Å². The zero-order valence-corrected chi connectivity index (χ0v) is 12.8. The zero-order chi connectivity index (χ0) is 16.0. The Bertz CT molecular complexity index is 470. The number of aliphatic hydroxyl groups excluding tert-OH is 1. The van der Waals surface area contributed by atoms with Gasteiger partial charge in [0, 0.05) is 32.0 Å². The van der Waals surface area contributed by atoms with Gasteiger partial charge in [0.2, 0.25) is 15.9 Å². The van der Waals surface area contributed by atoms with Crippen LogP contribution in [0.25, 0.3) is 0 Å². The van der Waals surface area contributed by atoms with Crippen molar-refractivity contribution in [2.24, 2.45) is 5.92 Å². The molecule has 9 heteroatoms. The molecule has 0 aromatic heterocycles. The van der Waals surface area contributed by atoms with Gasteiger partial charge in [-0.05, 0) is 19.8 Å².